The van der Waals surface area contributed by atoms with Gasteiger partial charge in [-0.2, -0.15) is 5.10 Å². The number of aryl methyl sites for hydroxylation is 2. The van der Waals surface area contributed by atoms with E-state index >= 15 is 0 Å². The lowest BCUT2D eigenvalue weighted by Crippen LogP contribution is -2.14. The van der Waals surface area contributed by atoms with E-state index in [-0.39, 0.29) is 16.5 Å². The van der Waals surface area contributed by atoms with Crippen molar-refractivity contribution in [2.24, 2.45) is 7.05 Å². The molecule has 7 heteroatoms. The molecule has 0 saturated carbocycles. The molecule has 124 valence electrons. The minimum atomic E-state index is -3.77. The SMILES string of the molecule is Cc1ccc(-c2cn(C)nc2NS(=O)(=O)c2ccccc2)cc1F. The lowest BCUT2D eigenvalue weighted by atomic mass is 10.1. The number of hydrogen-bond acceptors (Lipinski definition) is 3. The second kappa shape index (κ2) is 6.09. The lowest BCUT2D eigenvalue weighted by molar-refractivity contribution is 0.601. The van der Waals surface area contributed by atoms with Crippen molar-refractivity contribution in [3.8, 4) is 11.1 Å². The van der Waals surface area contributed by atoms with Crippen molar-refractivity contribution in [2.45, 2.75) is 11.8 Å². The molecule has 1 aromatic heterocycles. The summed E-state index contributed by atoms with van der Waals surface area (Å²) >= 11 is 0. The Morgan fingerprint density at radius 2 is 1.83 bits per heavy atom. The standard InChI is InChI=1S/C17H16FN3O2S/c1-12-8-9-13(10-16(12)18)15-11-21(2)19-17(15)20-24(22,23)14-6-4-3-5-7-14/h3-11H,1-2H3,(H,19,20). The molecule has 24 heavy (non-hydrogen) atoms. The van der Waals surface area contributed by atoms with Crippen LogP contribution in [0.25, 0.3) is 11.1 Å². The number of sulfonamides is 1. The van der Waals surface area contributed by atoms with Gasteiger partial charge in [0.25, 0.3) is 10.0 Å². The number of nitrogens with one attached hydrogen (secondary N) is 1. The smallest absolute Gasteiger partial charge is 0.263 e. The van der Waals surface area contributed by atoms with Crippen molar-refractivity contribution in [1.29, 1.82) is 0 Å². The van der Waals surface area contributed by atoms with Crippen molar-refractivity contribution in [1.82, 2.24) is 9.78 Å². The van der Waals surface area contributed by atoms with Crippen molar-refractivity contribution in [2.75, 3.05) is 4.72 Å². The molecule has 0 radical (unpaired) electrons. The highest BCUT2D eigenvalue weighted by Gasteiger charge is 2.19. The molecule has 0 aliphatic heterocycles. The molecule has 1 heterocycles. The van der Waals surface area contributed by atoms with Crippen LogP contribution in [0.4, 0.5) is 10.2 Å². The summed E-state index contributed by atoms with van der Waals surface area (Å²) in [4.78, 5) is 0.136. The van der Waals surface area contributed by atoms with Gasteiger partial charge in [0.2, 0.25) is 0 Å². The Morgan fingerprint density at radius 1 is 1.12 bits per heavy atom. The Hall–Kier alpha value is -2.67. The quantitative estimate of drug-likeness (QED) is 0.789. The minimum Gasteiger partial charge on any atom is -0.273 e. The second-order valence-electron chi connectivity index (χ2n) is 5.45. The Labute approximate surface area is 139 Å². The van der Waals surface area contributed by atoms with E-state index in [0.717, 1.165) is 0 Å². The van der Waals surface area contributed by atoms with E-state index < -0.39 is 10.0 Å². The van der Waals surface area contributed by atoms with Crippen molar-refractivity contribution in [3.63, 3.8) is 0 Å². The summed E-state index contributed by atoms with van der Waals surface area (Å²) in [6, 6.07) is 12.8. The summed E-state index contributed by atoms with van der Waals surface area (Å²) in [7, 11) is -2.09. The van der Waals surface area contributed by atoms with Gasteiger partial charge in [-0.15, -0.1) is 0 Å². The molecule has 0 fully saturated rings. The molecule has 0 amide bonds. The average molecular weight is 345 g/mol. The Balaban J connectivity index is 2.02. The van der Waals surface area contributed by atoms with Crippen LogP contribution in [-0.4, -0.2) is 18.2 Å². The van der Waals surface area contributed by atoms with Gasteiger partial charge in [-0.05, 0) is 36.2 Å². The van der Waals surface area contributed by atoms with Crippen LogP contribution in [-0.2, 0) is 17.1 Å². The molecular weight excluding hydrogens is 329 g/mol. The largest absolute Gasteiger partial charge is 0.273 e. The molecule has 0 unspecified atom stereocenters. The minimum absolute atomic E-state index is 0.136. The fourth-order valence-corrected chi connectivity index (χ4v) is 3.36. The molecule has 0 atom stereocenters. The average Bonchev–Trinajstić information content (AvgIpc) is 2.90. The van der Waals surface area contributed by atoms with E-state index in [1.165, 1.54) is 22.9 Å². The fraction of sp³-hybridized carbons (Fsp3) is 0.118. The van der Waals surface area contributed by atoms with Crippen molar-refractivity contribution < 1.29 is 12.8 Å². The summed E-state index contributed by atoms with van der Waals surface area (Å²) in [5.74, 6) is -0.196. The maximum absolute atomic E-state index is 13.8. The van der Waals surface area contributed by atoms with Crippen LogP contribution >= 0.6 is 0 Å². The third kappa shape index (κ3) is 3.16. The van der Waals surface area contributed by atoms with E-state index in [2.05, 4.69) is 9.82 Å². The molecule has 3 rings (SSSR count). The van der Waals surface area contributed by atoms with Gasteiger partial charge in [0.05, 0.1) is 4.90 Å². The zero-order valence-electron chi connectivity index (χ0n) is 13.2. The van der Waals surface area contributed by atoms with Crippen LogP contribution < -0.4 is 4.72 Å². The number of hydrogen-bond donors (Lipinski definition) is 1. The van der Waals surface area contributed by atoms with Crippen molar-refractivity contribution in [3.05, 3.63) is 66.1 Å². The van der Waals surface area contributed by atoms with Crippen LogP contribution in [0.15, 0.2) is 59.6 Å². The van der Waals surface area contributed by atoms with Crippen molar-refractivity contribution >= 4 is 15.8 Å². The number of anilines is 1. The van der Waals surface area contributed by atoms with E-state index in [1.807, 2.05) is 0 Å². The number of aromatic nitrogens is 2. The Kier molecular flexibility index (Phi) is 4.11. The first-order valence-corrected chi connectivity index (χ1v) is 8.73. The van der Waals surface area contributed by atoms with Crippen LogP contribution in [0.2, 0.25) is 0 Å². The number of rotatable bonds is 4. The van der Waals surface area contributed by atoms with Gasteiger partial charge in [0.1, 0.15) is 5.82 Å². The van der Waals surface area contributed by atoms with Crippen LogP contribution in [0.3, 0.4) is 0 Å². The van der Waals surface area contributed by atoms with Gasteiger partial charge in [-0.1, -0.05) is 30.3 Å². The summed E-state index contributed by atoms with van der Waals surface area (Å²) in [5.41, 5.74) is 1.59. The Bertz CT molecular complexity index is 982. The molecule has 0 saturated heterocycles. The van der Waals surface area contributed by atoms with E-state index in [9.17, 15) is 12.8 Å². The van der Waals surface area contributed by atoms with Gasteiger partial charge in [0.15, 0.2) is 5.82 Å². The first-order chi connectivity index (χ1) is 11.4. The summed E-state index contributed by atoms with van der Waals surface area (Å²) in [6.07, 6.45) is 1.65. The zero-order valence-corrected chi connectivity index (χ0v) is 14.0. The molecule has 2 aromatic carbocycles. The molecule has 5 nitrogen and oxygen atoms in total. The summed E-state index contributed by atoms with van der Waals surface area (Å²) in [6.45, 7) is 1.67. The zero-order chi connectivity index (χ0) is 17.3. The number of nitrogens with zero attached hydrogens (tertiary/aromatic N) is 2. The second-order valence-corrected chi connectivity index (χ2v) is 7.13. The normalized spacial score (nSPS) is 11.5. The first-order valence-electron chi connectivity index (χ1n) is 7.25. The van der Waals surface area contributed by atoms with Gasteiger partial charge >= 0.3 is 0 Å². The molecule has 0 spiro atoms. The highest BCUT2D eigenvalue weighted by molar-refractivity contribution is 7.92. The number of halogens is 1. The maximum atomic E-state index is 13.8. The van der Waals surface area contributed by atoms with Gasteiger partial charge in [-0.25, -0.2) is 12.8 Å². The van der Waals surface area contributed by atoms with Crippen LogP contribution in [0, 0.1) is 12.7 Å². The van der Waals surface area contributed by atoms with E-state index in [4.69, 9.17) is 0 Å². The van der Waals surface area contributed by atoms with E-state index in [1.54, 1.807) is 50.5 Å². The monoisotopic (exact) mass is 345 g/mol. The molecule has 0 aliphatic rings. The highest BCUT2D eigenvalue weighted by atomic mass is 32.2. The van der Waals surface area contributed by atoms with Gasteiger partial charge < -0.3 is 0 Å². The summed E-state index contributed by atoms with van der Waals surface area (Å²) in [5, 5.41) is 4.15. The maximum Gasteiger partial charge on any atom is 0.263 e. The third-order valence-corrected chi connectivity index (χ3v) is 4.95. The molecule has 0 aliphatic carbocycles. The first kappa shape index (κ1) is 16.2. The molecule has 1 N–H and O–H groups in total. The highest BCUT2D eigenvalue weighted by Crippen LogP contribution is 2.29. The predicted octanol–water partition coefficient (Wildman–Crippen LogP) is 3.34. The third-order valence-electron chi connectivity index (χ3n) is 3.60. The Morgan fingerprint density at radius 3 is 2.50 bits per heavy atom. The lowest BCUT2D eigenvalue weighted by Gasteiger charge is -2.08. The topological polar surface area (TPSA) is 64.0 Å². The molecule has 3 aromatic rings. The van der Waals surface area contributed by atoms with E-state index in [0.29, 0.717) is 16.7 Å². The fourth-order valence-electron chi connectivity index (χ4n) is 2.32. The van der Waals surface area contributed by atoms with Crippen LogP contribution in [0.5, 0.6) is 0 Å². The molecular formula is C17H16FN3O2S. The predicted molar refractivity (Wildman–Crippen MR) is 90.6 cm³/mol. The number of benzene rings is 2. The molecule has 0 bridgehead atoms. The van der Waals surface area contributed by atoms with Gasteiger partial charge in [0, 0.05) is 18.8 Å². The van der Waals surface area contributed by atoms with Crippen LogP contribution in [0.1, 0.15) is 5.56 Å². The van der Waals surface area contributed by atoms with Gasteiger partial charge in [-0.3, -0.25) is 9.40 Å². The summed E-state index contributed by atoms with van der Waals surface area (Å²) < 4.78 is 42.8.